The van der Waals surface area contributed by atoms with Crippen LogP contribution in [0.4, 0.5) is 4.39 Å². The number of piperidine rings is 1. The lowest BCUT2D eigenvalue weighted by Gasteiger charge is -2.29. The van der Waals surface area contributed by atoms with Gasteiger partial charge in [-0.1, -0.05) is 11.6 Å². The molecule has 0 amide bonds. The van der Waals surface area contributed by atoms with Crippen LogP contribution in [0, 0.1) is 11.7 Å². The number of benzene rings is 1. The smallest absolute Gasteiger partial charge is 0.244 e. The predicted molar refractivity (Wildman–Crippen MR) is 69.0 cm³/mol. The molecule has 1 aromatic rings. The van der Waals surface area contributed by atoms with Gasteiger partial charge < -0.3 is 4.79 Å². The van der Waals surface area contributed by atoms with Crippen LogP contribution < -0.4 is 0 Å². The van der Waals surface area contributed by atoms with Crippen LogP contribution in [0.15, 0.2) is 23.1 Å². The first kappa shape index (κ1) is 14.4. The minimum atomic E-state index is -3.80. The van der Waals surface area contributed by atoms with Crippen LogP contribution in [0.5, 0.6) is 0 Å². The summed E-state index contributed by atoms with van der Waals surface area (Å²) in [6.07, 6.45) is 1.81. The van der Waals surface area contributed by atoms with Gasteiger partial charge in [0.2, 0.25) is 10.0 Å². The van der Waals surface area contributed by atoms with E-state index in [9.17, 15) is 17.6 Å². The highest BCUT2D eigenvalue weighted by Crippen LogP contribution is 2.28. The number of hydrogen-bond acceptors (Lipinski definition) is 3. The van der Waals surface area contributed by atoms with Crippen LogP contribution in [0.2, 0.25) is 5.02 Å². The Morgan fingerprint density at radius 2 is 1.95 bits per heavy atom. The maximum atomic E-state index is 13.2. The van der Waals surface area contributed by atoms with Crippen molar-refractivity contribution >= 4 is 27.9 Å². The normalized spacial score (nSPS) is 18.4. The van der Waals surface area contributed by atoms with Crippen molar-refractivity contribution in [1.29, 1.82) is 0 Å². The molecule has 0 radical (unpaired) electrons. The summed E-state index contributed by atoms with van der Waals surface area (Å²) in [5.74, 6) is -0.750. The van der Waals surface area contributed by atoms with Crippen molar-refractivity contribution in [2.24, 2.45) is 5.92 Å². The van der Waals surface area contributed by atoms with Gasteiger partial charge in [0.1, 0.15) is 17.0 Å². The second-order valence-corrected chi connectivity index (χ2v) is 6.77. The Balaban J connectivity index is 2.28. The number of rotatable bonds is 3. The summed E-state index contributed by atoms with van der Waals surface area (Å²) in [5.41, 5.74) is 0. The number of sulfonamides is 1. The van der Waals surface area contributed by atoms with Gasteiger partial charge in [-0.15, -0.1) is 0 Å². The van der Waals surface area contributed by atoms with E-state index in [0.29, 0.717) is 12.8 Å². The third-order valence-corrected chi connectivity index (χ3v) is 5.58. The van der Waals surface area contributed by atoms with Crippen molar-refractivity contribution in [2.45, 2.75) is 17.7 Å². The number of carbonyl (C=O) groups is 1. The number of aldehydes is 1. The molecule has 1 saturated heterocycles. The molecule has 2 rings (SSSR count). The van der Waals surface area contributed by atoms with Gasteiger partial charge in [-0.2, -0.15) is 4.31 Å². The van der Waals surface area contributed by atoms with Gasteiger partial charge in [0.15, 0.2) is 0 Å². The van der Waals surface area contributed by atoms with Crippen LogP contribution in [0.3, 0.4) is 0 Å². The van der Waals surface area contributed by atoms with Gasteiger partial charge in [0.25, 0.3) is 0 Å². The molecule has 1 aliphatic heterocycles. The highest BCUT2D eigenvalue weighted by molar-refractivity contribution is 7.89. The quantitative estimate of drug-likeness (QED) is 0.803. The molecule has 19 heavy (non-hydrogen) atoms. The average molecular weight is 306 g/mol. The maximum Gasteiger partial charge on any atom is 0.244 e. The van der Waals surface area contributed by atoms with Crippen molar-refractivity contribution in [3.05, 3.63) is 29.0 Å². The molecule has 1 aromatic carbocycles. The van der Waals surface area contributed by atoms with E-state index in [-0.39, 0.29) is 28.9 Å². The minimum absolute atomic E-state index is 0.00101. The zero-order chi connectivity index (χ0) is 14.0. The fourth-order valence-corrected chi connectivity index (χ4v) is 4.02. The lowest BCUT2D eigenvalue weighted by atomic mass is 10.0. The second-order valence-electron chi connectivity index (χ2n) is 4.45. The van der Waals surface area contributed by atoms with E-state index < -0.39 is 15.8 Å². The highest BCUT2D eigenvalue weighted by Gasteiger charge is 2.30. The number of carbonyl (C=O) groups excluding carboxylic acids is 1. The average Bonchev–Trinajstić information content (AvgIpc) is 2.41. The fraction of sp³-hybridized carbons (Fsp3) is 0.417. The fourth-order valence-electron chi connectivity index (χ4n) is 2.07. The molecule has 0 bridgehead atoms. The molecule has 1 aliphatic rings. The molecule has 1 fully saturated rings. The predicted octanol–water partition coefficient (Wildman–Crippen LogP) is 2.08. The van der Waals surface area contributed by atoms with Crippen LogP contribution in [-0.2, 0) is 14.8 Å². The first-order valence-electron chi connectivity index (χ1n) is 5.85. The molecule has 0 N–H and O–H groups in total. The number of hydrogen-bond donors (Lipinski definition) is 0. The standard InChI is InChI=1S/C12H13ClFNO3S/c13-11-2-1-10(14)7-12(11)19(17,18)15-5-3-9(8-16)4-6-15/h1-2,7-9H,3-6H2. The van der Waals surface area contributed by atoms with Gasteiger partial charge in [-0.25, -0.2) is 12.8 Å². The summed E-state index contributed by atoms with van der Waals surface area (Å²) in [4.78, 5) is 10.4. The molecule has 4 nitrogen and oxygen atoms in total. The minimum Gasteiger partial charge on any atom is -0.303 e. The Morgan fingerprint density at radius 3 is 2.53 bits per heavy atom. The third kappa shape index (κ3) is 2.96. The monoisotopic (exact) mass is 305 g/mol. The molecule has 0 unspecified atom stereocenters. The van der Waals surface area contributed by atoms with E-state index in [1.807, 2.05) is 0 Å². The van der Waals surface area contributed by atoms with Crippen LogP contribution >= 0.6 is 11.6 Å². The molecule has 1 heterocycles. The third-order valence-electron chi connectivity index (χ3n) is 3.20. The largest absolute Gasteiger partial charge is 0.303 e. The van der Waals surface area contributed by atoms with Gasteiger partial charge >= 0.3 is 0 Å². The summed E-state index contributed by atoms with van der Waals surface area (Å²) in [7, 11) is -3.80. The number of halogens is 2. The van der Waals surface area contributed by atoms with Gasteiger partial charge in [-0.05, 0) is 31.0 Å². The number of nitrogens with zero attached hydrogens (tertiary/aromatic N) is 1. The van der Waals surface area contributed by atoms with E-state index in [4.69, 9.17) is 11.6 Å². The summed E-state index contributed by atoms with van der Waals surface area (Å²) in [6.45, 7) is 0.497. The van der Waals surface area contributed by atoms with E-state index in [0.717, 1.165) is 18.4 Å². The molecule has 0 spiro atoms. The first-order chi connectivity index (χ1) is 8.95. The summed E-state index contributed by atoms with van der Waals surface area (Å²) >= 11 is 5.83. The highest BCUT2D eigenvalue weighted by atomic mass is 35.5. The van der Waals surface area contributed by atoms with E-state index in [1.165, 1.54) is 10.4 Å². The SMILES string of the molecule is O=CC1CCN(S(=O)(=O)c2cc(F)ccc2Cl)CC1. The first-order valence-corrected chi connectivity index (χ1v) is 7.67. The molecule has 0 aromatic heterocycles. The second kappa shape index (κ2) is 5.56. The van der Waals surface area contributed by atoms with E-state index in [1.54, 1.807) is 0 Å². The van der Waals surface area contributed by atoms with Crippen molar-refractivity contribution in [3.63, 3.8) is 0 Å². The molecular weight excluding hydrogens is 293 g/mol. The molecule has 104 valence electrons. The van der Waals surface area contributed by atoms with Crippen molar-refractivity contribution in [1.82, 2.24) is 4.31 Å². The van der Waals surface area contributed by atoms with Gasteiger partial charge in [0, 0.05) is 19.0 Å². The van der Waals surface area contributed by atoms with Crippen LogP contribution in [-0.4, -0.2) is 32.1 Å². The van der Waals surface area contributed by atoms with Gasteiger partial charge in [-0.3, -0.25) is 0 Å². The van der Waals surface area contributed by atoms with Crippen molar-refractivity contribution in [2.75, 3.05) is 13.1 Å². The molecular formula is C12H13ClFNO3S. The Labute approximate surface area is 116 Å². The lowest BCUT2D eigenvalue weighted by molar-refractivity contribution is -0.112. The summed E-state index contributed by atoms with van der Waals surface area (Å²) in [5, 5.41) is -0.00101. The zero-order valence-corrected chi connectivity index (χ0v) is 11.6. The Bertz CT molecular complexity index is 583. The van der Waals surface area contributed by atoms with E-state index in [2.05, 4.69) is 0 Å². The molecule has 0 atom stereocenters. The van der Waals surface area contributed by atoms with E-state index >= 15 is 0 Å². The summed E-state index contributed by atoms with van der Waals surface area (Å²) in [6, 6.07) is 3.26. The van der Waals surface area contributed by atoms with Crippen LogP contribution in [0.25, 0.3) is 0 Å². The van der Waals surface area contributed by atoms with Crippen molar-refractivity contribution < 1.29 is 17.6 Å². The Morgan fingerprint density at radius 1 is 1.32 bits per heavy atom. The van der Waals surface area contributed by atoms with Gasteiger partial charge in [0.05, 0.1) is 5.02 Å². The summed E-state index contributed by atoms with van der Waals surface area (Å²) < 4.78 is 39.1. The Kier molecular flexibility index (Phi) is 4.23. The topological polar surface area (TPSA) is 54.5 Å². The van der Waals surface area contributed by atoms with Crippen molar-refractivity contribution in [3.8, 4) is 0 Å². The van der Waals surface area contributed by atoms with Crippen LogP contribution in [0.1, 0.15) is 12.8 Å². The zero-order valence-electron chi connectivity index (χ0n) is 10.1. The maximum absolute atomic E-state index is 13.2. The lowest BCUT2D eigenvalue weighted by Crippen LogP contribution is -2.38. The molecule has 7 heteroatoms. The molecule has 0 aliphatic carbocycles. The molecule has 0 saturated carbocycles. The Hall–Kier alpha value is -0.980.